The summed E-state index contributed by atoms with van der Waals surface area (Å²) in [6.07, 6.45) is 0. The molecule has 0 saturated heterocycles. The lowest BCUT2D eigenvalue weighted by atomic mass is 10.2. The predicted octanol–water partition coefficient (Wildman–Crippen LogP) is 4.85. The lowest BCUT2D eigenvalue weighted by Crippen LogP contribution is -2.38. The fourth-order valence-corrected chi connectivity index (χ4v) is 6.46. The number of carbonyl (C=O) groups excluding carboxylic acids is 2. The maximum absolute atomic E-state index is 13.9. The Labute approximate surface area is 224 Å². The first-order chi connectivity index (χ1) is 18.2. The van der Waals surface area contributed by atoms with Crippen molar-refractivity contribution >= 4 is 54.7 Å². The second-order valence-electron chi connectivity index (χ2n) is 8.27. The molecule has 0 aliphatic rings. The highest BCUT2D eigenvalue weighted by Gasteiger charge is 2.30. The molecule has 0 unspecified atom stereocenters. The summed E-state index contributed by atoms with van der Waals surface area (Å²) in [5.41, 5.74) is 1.42. The number of ether oxygens (including phenoxy) is 3. The summed E-state index contributed by atoms with van der Waals surface area (Å²) in [5, 5.41) is 3.51. The van der Waals surface area contributed by atoms with Gasteiger partial charge in [-0.2, -0.15) is 0 Å². The average Bonchev–Trinajstić information content (AvgIpc) is 3.34. The maximum atomic E-state index is 13.9. The Kier molecular flexibility index (Phi) is 7.88. The van der Waals surface area contributed by atoms with Crippen molar-refractivity contribution in [3.05, 3.63) is 77.2 Å². The number of benzene rings is 3. The smallest absolute Gasteiger partial charge is 0.348 e. The number of nitrogens with zero attached hydrogens (tertiary/aromatic N) is 1. The summed E-state index contributed by atoms with van der Waals surface area (Å²) < 4.78 is 45.0. The van der Waals surface area contributed by atoms with E-state index in [-0.39, 0.29) is 16.3 Å². The maximum Gasteiger partial charge on any atom is 0.348 e. The lowest BCUT2D eigenvalue weighted by molar-refractivity contribution is -0.114. The SMILES string of the molecule is COC(=O)c1cc2cc(NC(=O)CN(c3cccc(OC)c3)S(=O)(=O)c3cc(C)ccc3OC)ccc2s1. The zero-order chi connectivity index (χ0) is 27.4. The van der Waals surface area contributed by atoms with Crippen molar-refractivity contribution in [1.82, 2.24) is 0 Å². The van der Waals surface area contributed by atoms with Gasteiger partial charge >= 0.3 is 5.97 Å². The van der Waals surface area contributed by atoms with Gasteiger partial charge in [-0.05, 0) is 66.4 Å². The molecule has 4 rings (SSSR count). The van der Waals surface area contributed by atoms with Gasteiger partial charge < -0.3 is 19.5 Å². The Morgan fingerprint density at radius 1 is 0.947 bits per heavy atom. The molecular weight excluding hydrogens is 528 g/mol. The van der Waals surface area contributed by atoms with Crippen molar-refractivity contribution in [1.29, 1.82) is 0 Å². The molecule has 3 aromatic carbocycles. The number of aryl methyl sites for hydroxylation is 1. The molecule has 11 heteroatoms. The van der Waals surface area contributed by atoms with Gasteiger partial charge in [-0.15, -0.1) is 11.3 Å². The summed E-state index contributed by atoms with van der Waals surface area (Å²) >= 11 is 1.28. The highest BCUT2D eigenvalue weighted by molar-refractivity contribution is 7.93. The van der Waals surface area contributed by atoms with Gasteiger partial charge in [0.05, 0.1) is 27.0 Å². The third kappa shape index (κ3) is 5.58. The van der Waals surface area contributed by atoms with E-state index in [1.54, 1.807) is 67.6 Å². The van der Waals surface area contributed by atoms with Gasteiger partial charge in [0.15, 0.2) is 0 Å². The van der Waals surface area contributed by atoms with E-state index in [9.17, 15) is 18.0 Å². The monoisotopic (exact) mass is 554 g/mol. The Hall–Kier alpha value is -4.09. The van der Waals surface area contributed by atoms with Crippen molar-refractivity contribution < 1.29 is 32.2 Å². The van der Waals surface area contributed by atoms with Crippen molar-refractivity contribution in [3.63, 3.8) is 0 Å². The summed E-state index contributed by atoms with van der Waals surface area (Å²) in [6, 6.07) is 18.1. The molecule has 198 valence electrons. The van der Waals surface area contributed by atoms with Gasteiger partial charge in [0.2, 0.25) is 5.91 Å². The zero-order valence-electron chi connectivity index (χ0n) is 21.2. The van der Waals surface area contributed by atoms with Crippen molar-refractivity contribution in [2.24, 2.45) is 0 Å². The fourth-order valence-electron chi connectivity index (χ4n) is 3.84. The Morgan fingerprint density at radius 2 is 1.74 bits per heavy atom. The van der Waals surface area contributed by atoms with Crippen LogP contribution in [0.1, 0.15) is 15.2 Å². The molecule has 1 aromatic heterocycles. The lowest BCUT2D eigenvalue weighted by Gasteiger charge is -2.25. The topological polar surface area (TPSA) is 111 Å². The second-order valence-corrected chi connectivity index (χ2v) is 11.2. The van der Waals surface area contributed by atoms with Crippen molar-refractivity contribution in [2.45, 2.75) is 11.8 Å². The van der Waals surface area contributed by atoms with Crippen LogP contribution in [0.5, 0.6) is 11.5 Å². The number of carbonyl (C=O) groups is 2. The number of esters is 1. The average molecular weight is 555 g/mol. The first-order valence-electron chi connectivity index (χ1n) is 11.4. The molecule has 9 nitrogen and oxygen atoms in total. The van der Waals surface area contributed by atoms with Gasteiger partial charge in [-0.1, -0.05) is 12.1 Å². The van der Waals surface area contributed by atoms with E-state index < -0.39 is 28.4 Å². The number of methoxy groups -OCH3 is 3. The normalized spacial score (nSPS) is 11.2. The van der Waals surface area contributed by atoms with Crippen LogP contribution in [-0.2, 0) is 19.6 Å². The molecule has 0 aliphatic heterocycles. The van der Waals surface area contributed by atoms with Crippen LogP contribution in [-0.4, -0.2) is 48.2 Å². The van der Waals surface area contributed by atoms with E-state index in [0.717, 1.165) is 20.0 Å². The van der Waals surface area contributed by atoms with Crippen LogP contribution in [0.2, 0.25) is 0 Å². The Bertz CT molecular complexity index is 1610. The van der Waals surface area contributed by atoms with Gasteiger partial charge in [0.1, 0.15) is 27.8 Å². The minimum absolute atomic E-state index is 0.0642. The number of fused-ring (bicyclic) bond motifs is 1. The number of hydrogen-bond acceptors (Lipinski definition) is 8. The van der Waals surface area contributed by atoms with Gasteiger partial charge in [0, 0.05) is 16.5 Å². The highest BCUT2D eigenvalue weighted by Crippen LogP contribution is 2.33. The number of anilines is 2. The molecule has 0 spiro atoms. The molecule has 0 aliphatic carbocycles. The van der Waals surface area contributed by atoms with Gasteiger partial charge in [-0.3, -0.25) is 9.10 Å². The fraction of sp³-hybridized carbons (Fsp3) is 0.185. The highest BCUT2D eigenvalue weighted by atomic mass is 32.2. The molecule has 1 N–H and O–H groups in total. The summed E-state index contributed by atoms with van der Waals surface area (Å²) in [7, 11) is -0.0609. The minimum Gasteiger partial charge on any atom is -0.497 e. The minimum atomic E-state index is -4.23. The number of rotatable bonds is 9. The third-order valence-corrected chi connectivity index (χ3v) is 8.59. The number of amides is 1. The van der Waals surface area contributed by atoms with Gasteiger partial charge in [0.25, 0.3) is 10.0 Å². The van der Waals surface area contributed by atoms with E-state index in [4.69, 9.17) is 14.2 Å². The predicted molar refractivity (Wildman–Crippen MR) is 147 cm³/mol. The molecule has 4 aromatic rings. The number of thiophene rings is 1. The number of hydrogen-bond donors (Lipinski definition) is 1. The van der Waals surface area contributed by atoms with E-state index in [0.29, 0.717) is 16.3 Å². The standard InChI is InChI=1S/C27H26N2O7S2/c1-17-8-10-22(35-3)25(12-17)38(32,33)29(20-6-5-7-21(15-20)34-2)16-26(30)28-19-9-11-23-18(13-19)14-24(37-23)27(31)36-4/h5-15H,16H2,1-4H3,(H,28,30). The summed E-state index contributed by atoms with van der Waals surface area (Å²) in [6.45, 7) is 1.26. The van der Waals surface area contributed by atoms with Crippen LogP contribution in [0.3, 0.4) is 0 Å². The molecule has 0 saturated carbocycles. The second kappa shape index (κ2) is 11.1. The third-order valence-electron chi connectivity index (χ3n) is 5.70. The van der Waals surface area contributed by atoms with Crippen LogP contribution in [0.25, 0.3) is 10.1 Å². The first-order valence-corrected chi connectivity index (χ1v) is 13.6. The molecule has 0 bridgehead atoms. The molecule has 1 heterocycles. The molecule has 1 amide bonds. The van der Waals surface area contributed by atoms with Gasteiger partial charge in [-0.25, -0.2) is 13.2 Å². The van der Waals surface area contributed by atoms with E-state index in [2.05, 4.69) is 5.32 Å². The van der Waals surface area contributed by atoms with Crippen LogP contribution in [0.4, 0.5) is 11.4 Å². The van der Waals surface area contributed by atoms with Crippen molar-refractivity contribution in [3.8, 4) is 11.5 Å². The van der Waals surface area contributed by atoms with Crippen LogP contribution in [0, 0.1) is 6.92 Å². The summed E-state index contributed by atoms with van der Waals surface area (Å²) in [5.74, 6) is -0.412. The van der Waals surface area contributed by atoms with Crippen LogP contribution < -0.4 is 19.1 Å². The van der Waals surface area contributed by atoms with Crippen LogP contribution in [0.15, 0.2) is 71.6 Å². The van der Waals surface area contributed by atoms with E-state index >= 15 is 0 Å². The molecule has 0 atom stereocenters. The summed E-state index contributed by atoms with van der Waals surface area (Å²) in [4.78, 5) is 25.4. The van der Waals surface area contributed by atoms with E-state index in [1.807, 2.05) is 0 Å². The quantitative estimate of drug-likeness (QED) is 0.295. The van der Waals surface area contributed by atoms with Crippen molar-refractivity contribution in [2.75, 3.05) is 37.5 Å². The first kappa shape index (κ1) is 27.0. The molecular formula is C27H26N2O7S2. The molecule has 0 fully saturated rings. The zero-order valence-corrected chi connectivity index (χ0v) is 22.8. The Balaban J connectivity index is 1.68. The largest absolute Gasteiger partial charge is 0.497 e. The van der Waals surface area contributed by atoms with Crippen LogP contribution >= 0.6 is 11.3 Å². The molecule has 0 radical (unpaired) electrons. The molecule has 38 heavy (non-hydrogen) atoms. The number of sulfonamides is 1. The van der Waals surface area contributed by atoms with E-state index in [1.165, 1.54) is 38.7 Å². The number of nitrogens with one attached hydrogen (secondary N) is 1. The Morgan fingerprint density at radius 3 is 2.45 bits per heavy atom.